The molecular formula is C16H19N3O3. The van der Waals surface area contributed by atoms with Crippen molar-refractivity contribution in [3.63, 3.8) is 0 Å². The van der Waals surface area contributed by atoms with Crippen molar-refractivity contribution in [3.05, 3.63) is 42.1 Å². The fourth-order valence-electron chi connectivity index (χ4n) is 1.80. The summed E-state index contributed by atoms with van der Waals surface area (Å²) in [6, 6.07) is 11.3. The Morgan fingerprint density at radius 3 is 2.59 bits per heavy atom. The monoisotopic (exact) mass is 301 g/mol. The highest BCUT2D eigenvalue weighted by atomic mass is 16.4. The third-order valence-electron chi connectivity index (χ3n) is 2.93. The number of benzene rings is 1. The van der Waals surface area contributed by atoms with Crippen molar-refractivity contribution in [1.29, 1.82) is 5.26 Å². The van der Waals surface area contributed by atoms with Crippen LogP contribution in [-0.2, 0) is 9.59 Å². The molecule has 0 fully saturated rings. The van der Waals surface area contributed by atoms with Crippen LogP contribution in [0.15, 0.2) is 42.1 Å². The van der Waals surface area contributed by atoms with Gasteiger partial charge in [-0.25, -0.2) is 0 Å². The molecule has 0 heterocycles. The summed E-state index contributed by atoms with van der Waals surface area (Å²) in [6.45, 7) is 2.76. The molecule has 1 aromatic carbocycles. The second-order valence-corrected chi connectivity index (χ2v) is 4.53. The van der Waals surface area contributed by atoms with E-state index in [4.69, 9.17) is 10.4 Å². The average molecular weight is 301 g/mol. The molecule has 6 nitrogen and oxygen atoms in total. The van der Waals surface area contributed by atoms with Crippen molar-refractivity contribution >= 4 is 17.6 Å². The number of para-hydroxylation sites is 1. The Morgan fingerprint density at radius 1 is 1.36 bits per heavy atom. The molecule has 6 heteroatoms. The molecule has 0 atom stereocenters. The highest BCUT2D eigenvalue weighted by molar-refractivity contribution is 5.97. The first kappa shape index (κ1) is 17.2. The quantitative estimate of drug-likeness (QED) is 0.434. The number of carbonyl (C=O) groups is 2. The molecule has 0 spiro atoms. The highest BCUT2D eigenvalue weighted by Gasteiger charge is 2.11. The minimum Gasteiger partial charge on any atom is -0.481 e. The molecule has 0 saturated carbocycles. The zero-order chi connectivity index (χ0) is 16.4. The van der Waals surface area contributed by atoms with Crippen LogP contribution in [0.1, 0.15) is 19.8 Å². The summed E-state index contributed by atoms with van der Waals surface area (Å²) in [7, 11) is 0. The van der Waals surface area contributed by atoms with E-state index in [0.29, 0.717) is 13.0 Å². The van der Waals surface area contributed by atoms with Gasteiger partial charge in [-0.15, -0.1) is 0 Å². The van der Waals surface area contributed by atoms with Crippen LogP contribution in [0.5, 0.6) is 0 Å². The van der Waals surface area contributed by atoms with Gasteiger partial charge in [-0.1, -0.05) is 18.2 Å². The lowest BCUT2D eigenvalue weighted by Gasteiger charge is -2.18. The predicted octanol–water partition coefficient (Wildman–Crippen LogP) is 1.90. The molecular weight excluding hydrogens is 282 g/mol. The van der Waals surface area contributed by atoms with E-state index >= 15 is 0 Å². The van der Waals surface area contributed by atoms with Crippen molar-refractivity contribution in [2.75, 3.05) is 18.0 Å². The molecule has 2 N–H and O–H groups in total. The zero-order valence-corrected chi connectivity index (χ0v) is 12.5. The van der Waals surface area contributed by atoms with Gasteiger partial charge in [0, 0.05) is 31.4 Å². The van der Waals surface area contributed by atoms with Gasteiger partial charge in [0.05, 0.1) is 0 Å². The van der Waals surface area contributed by atoms with Crippen LogP contribution in [0.3, 0.4) is 0 Å². The molecule has 22 heavy (non-hydrogen) atoms. The normalized spacial score (nSPS) is 10.6. The summed E-state index contributed by atoms with van der Waals surface area (Å²) >= 11 is 0. The lowest BCUT2D eigenvalue weighted by atomic mass is 10.2. The zero-order valence-electron chi connectivity index (χ0n) is 12.5. The Kier molecular flexibility index (Phi) is 7.20. The van der Waals surface area contributed by atoms with Gasteiger partial charge >= 0.3 is 5.97 Å². The SMILES string of the molecule is CCN(/C=C(/C#N)C(=O)NCCCC(=O)O)c1ccccc1. The number of hydrogen-bond acceptors (Lipinski definition) is 4. The topological polar surface area (TPSA) is 93.4 Å². The van der Waals surface area contributed by atoms with Crippen LogP contribution < -0.4 is 10.2 Å². The van der Waals surface area contributed by atoms with Crippen LogP contribution in [0, 0.1) is 11.3 Å². The van der Waals surface area contributed by atoms with Gasteiger partial charge in [0.2, 0.25) is 0 Å². The average Bonchev–Trinajstić information content (AvgIpc) is 2.53. The first-order valence-corrected chi connectivity index (χ1v) is 7.02. The molecule has 0 aromatic heterocycles. The molecule has 0 aliphatic carbocycles. The largest absolute Gasteiger partial charge is 0.481 e. The second kappa shape index (κ2) is 9.19. The van der Waals surface area contributed by atoms with Gasteiger partial charge in [-0.3, -0.25) is 9.59 Å². The lowest BCUT2D eigenvalue weighted by Crippen LogP contribution is -2.28. The number of nitrogens with zero attached hydrogens (tertiary/aromatic N) is 2. The van der Waals surface area contributed by atoms with Crippen molar-refractivity contribution in [1.82, 2.24) is 5.32 Å². The van der Waals surface area contributed by atoms with E-state index in [0.717, 1.165) is 5.69 Å². The maximum Gasteiger partial charge on any atom is 0.303 e. The third kappa shape index (κ3) is 5.67. The molecule has 0 unspecified atom stereocenters. The van der Waals surface area contributed by atoms with E-state index < -0.39 is 11.9 Å². The maximum absolute atomic E-state index is 11.9. The highest BCUT2D eigenvalue weighted by Crippen LogP contribution is 2.14. The summed E-state index contributed by atoms with van der Waals surface area (Å²) < 4.78 is 0. The number of hydrogen-bond donors (Lipinski definition) is 2. The molecule has 116 valence electrons. The molecule has 1 amide bonds. The Labute approximate surface area is 129 Å². The standard InChI is InChI=1S/C16H19N3O3/c1-2-19(14-7-4-3-5-8-14)12-13(11-17)16(22)18-10-6-9-15(20)21/h3-5,7-8,12H,2,6,9-10H2,1H3,(H,18,22)(H,20,21)/b13-12-. The summed E-state index contributed by atoms with van der Waals surface area (Å²) in [4.78, 5) is 24.1. The van der Waals surface area contributed by atoms with Crippen LogP contribution in [0.25, 0.3) is 0 Å². The molecule has 0 radical (unpaired) electrons. The molecule has 0 aliphatic rings. The Balaban J connectivity index is 2.70. The van der Waals surface area contributed by atoms with E-state index in [1.54, 1.807) is 4.90 Å². The number of carboxylic acid groups (broad SMARTS) is 1. The van der Waals surface area contributed by atoms with Crippen molar-refractivity contribution < 1.29 is 14.7 Å². The van der Waals surface area contributed by atoms with Gasteiger partial charge in [0.1, 0.15) is 11.6 Å². The minimum absolute atomic E-state index is 0.0129. The number of nitriles is 1. The van der Waals surface area contributed by atoms with Crippen LogP contribution in [0.4, 0.5) is 5.69 Å². The Bertz CT molecular complexity index is 576. The number of carboxylic acids is 1. The number of nitrogens with one attached hydrogen (secondary N) is 1. The van der Waals surface area contributed by atoms with Gasteiger partial charge in [-0.2, -0.15) is 5.26 Å². The lowest BCUT2D eigenvalue weighted by molar-refractivity contribution is -0.137. The summed E-state index contributed by atoms with van der Waals surface area (Å²) in [5.41, 5.74) is 0.873. The van der Waals surface area contributed by atoms with Crippen molar-refractivity contribution in [2.24, 2.45) is 0 Å². The molecule has 1 aromatic rings. The maximum atomic E-state index is 11.9. The molecule has 0 saturated heterocycles. The number of anilines is 1. The van der Waals surface area contributed by atoms with Gasteiger partial charge in [0.15, 0.2) is 0 Å². The first-order valence-electron chi connectivity index (χ1n) is 7.02. The van der Waals surface area contributed by atoms with E-state index in [-0.39, 0.29) is 18.5 Å². The summed E-state index contributed by atoms with van der Waals surface area (Å²) in [5, 5.41) is 20.2. The first-order chi connectivity index (χ1) is 10.6. The van der Waals surface area contributed by atoms with Crippen LogP contribution in [0.2, 0.25) is 0 Å². The van der Waals surface area contributed by atoms with Crippen LogP contribution in [-0.4, -0.2) is 30.1 Å². The van der Waals surface area contributed by atoms with E-state index in [1.807, 2.05) is 43.3 Å². The summed E-state index contributed by atoms with van der Waals surface area (Å²) in [6.07, 6.45) is 1.81. The van der Waals surface area contributed by atoms with Crippen LogP contribution >= 0.6 is 0 Å². The third-order valence-corrected chi connectivity index (χ3v) is 2.93. The predicted molar refractivity (Wildman–Crippen MR) is 83.0 cm³/mol. The van der Waals surface area contributed by atoms with Gasteiger partial charge in [-0.05, 0) is 25.5 Å². The van der Waals surface area contributed by atoms with Crippen molar-refractivity contribution in [2.45, 2.75) is 19.8 Å². The van der Waals surface area contributed by atoms with E-state index in [9.17, 15) is 9.59 Å². The summed E-state index contributed by atoms with van der Waals surface area (Å²) in [5.74, 6) is -1.41. The number of amides is 1. The molecule has 0 bridgehead atoms. The van der Waals surface area contributed by atoms with E-state index in [1.165, 1.54) is 6.20 Å². The minimum atomic E-state index is -0.911. The molecule has 1 rings (SSSR count). The van der Waals surface area contributed by atoms with Crippen molar-refractivity contribution in [3.8, 4) is 6.07 Å². The second-order valence-electron chi connectivity index (χ2n) is 4.53. The fraction of sp³-hybridized carbons (Fsp3) is 0.312. The Morgan fingerprint density at radius 2 is 2.05 bits per heavy atom. The smallest absolute Gasteiger partial charge is 0.303 e. The number of aliphatic carboxylic acids is 1. The van der Waals surface area contributed by atoms with Gasteiger partial charge in [0.25, 0.3) is 5.91 Å². The van der Waals surface area contributed by atoms with E-state index in [2.05, 4.69) is 5.32 Å². The number of carbonyl (C=O) groups excluding carboxylic acids is 1. The number of rotatable bonds is 8. The fourth-order valence-corrected chi connectivity index (χ4v) is 1.80. The van der Waals surface area contributed by atoms with Gasteiger partial charge < -0.3 is 15.3 Å². The Hall–Kier alpha value is -2.81. The molecule has 0 aliphatic heterocycles.